The molecule has 0 unspecified atom stereocenters. The average molecular weight is 169 g/mol. The molecule has 0 bridgehead atoms. The van der Waals surface area contributed by atoms with Crippen molar-refractivity contribution >= 4 is 46.6 Å². The van der Waals surface area contributed by atoms with Crippen molar-refractivity contribution in [1.29, 1.82) is 0 Å². The Morgan fingerprint density at radius 3 is 1.25 bits per heavy atom. The SMILES string of the molecule is [NaH].[O]=[Ti].[SeH2]. The van der Waals surface area contributed by atoms with Gasteiger partial charge in [0.2, 0.25) is 0 Å². The van der Waals surface area contributed by atoms with E-state index in [0.717, 1.165) is 20.4 Å². The molecule has 0 aromatic rings. The Morgan fingerprint density at radius 1 is 1.25 bits per heavy atom. The Bertz CT molecular complexity index is 8.00. The zero-order chi connectivity index (χ0) is 2.00. The first-order chi connectivity index (χ1) is 1.00. The summed E-state index contributed by atoms with van der Waals surface area (Å²) in [6.45, 7) is 0. The van der Waals surface area contributed by atoms with Crippen molar-refractivity contribution in [1.82, 2.24) is 0 Å². The van der Waals surface area contributed by atoms with Gasteiger partial charge >= 0.3 is 70.4 Å². The predicted molar refractivity (Wildman–Crippen MR) is 16.4 cm³/mol. The summed E-state index contributed by atoms with van der Waals surface area (Å²) < 4.78 is 8.25. The van der Waals surface area contributed by atoms with Crippen LogP contribution in [0.2, 0.25) is 0 Å². The van der Waals surface area contributed by atoms with Crippen molar-refractivity contribution in [3.8, 4) is 0 Å². The Morgan fingerprint density at radius 2 is 1.25 bits per heavy atom. The second kappa shape index (κ2) is 19.8. The fourth-order valence-electron chi connectivity index (χ4n) is 0. The van der Waals surface area contributed by atoms with Crippen LogP contribution in [-0.2, 0) is 23.7 Å². The van der Waals surface area contributed by atoms with E-state index < -0.39 is 0 Å². The van der Waals surface area contributed by atoms with E-state index in [4.69, 9.17) is 3.32 Å². The second-order valence-electron chi connectivity index (χ2n) is 0. The van der Waals surface area contributed by atoms with Crippen molar-refractivity contribution in [3.05, 3.63) is 0 Å². The van der Waals surface area contributed by atoms with Crippen LogP contribution in [0.3, 0.4) is 0 Å². The van der Waals surface area contributed by atoms with Gasteiger partial charge in [0, 0.05) is 0 Å². The zero-order valence-electron chi connectivity index (χ0n) is 1.41. The summed E-state index contributed by atoms with van der Waals surface area (Å²) in [5.74, 6) is 0. The summed E-state index contributed by atoms with van der Waals surface area (Å²) in [6, 6.07) is 0. The van der Waals surface area contributed by atoms with E-state index in [1.54, 1.807) is 0 Å². The van der Waals surface area contributed by atoms with Crippen LogP contribution in [0, 0.1) is 0 Å². The molecule has 0 fully saturated rings. The molecule has 20 valence electrons. The van der Waals surface area contributed by atoms with Gasteiger partial charge in [-0.25, -0.2) is 0 Å². The second-order valence-corrected chi connectivity index (χ2v) is 0. The Labute approximate surface area is 69.4 Å². The summed E-state index contributed by atoms with van der Waals surface area (Å²) in [4.78, 5) is 0. The first-order valence-corrected chi connectivity index (χ1v) is 0.842. The van der Waals surface area contributed by atoms with Gasteiger partial charge in [-0.1, -0.05) is 0 Å². The first kappa shape index (κ1) is 16.6. The van der Waals surface area contributed by atoms with Crippen molar-refractivity contribution in [3.63, 3.8) is 0 Å². The van der Waals surface area contributed by atoms with Crippen LogP contribution in [0.5, 0.6) is 0 Å². The Balaban J connectivity index is -0.00000000500. The first-order valence-electron chi connectivity index (χ1n) is 0.204. The van der Waals surface area contributed by atoms with Gasteiger partial charge in [0.15, 0.2) is 0 Å². The molecule has 0 aliphatic carbocycles. The van der Waals surface area contributed by atoms with Gasteiger partial charge in [0.05, 0.1) is 0 Å². The molecule has 0 radical (unpaired) electrons. The molecule has 0 rings (SSSR count). The molecule has 0 aromatic heterocycles. The quantitative estimate of drug-likeness (QED) is 0.395. The van der Waals surface area contributed by atoms with E-state index >= 15 is 0 Å². The van der Waals surface area contributed by atoms with Gasteiger partial charge < -0.3 is 0 Å². The fourth-order valence-corrected chi connectivity index (χ4v) is 0. The van der Waals surface area contributed by atoms with E-state index in [9.17, 15) is 0 Å². The molecule has 4 heteroatoms. The molecular formula is H3NaOSeTi. The monoisotopic (exact) mass is 170 g/mol. The van der Waals surface area contributed by atoms with Gasteiger partial charge in [-0.15, -0.1) is 0 Å². The molecule has 0 amide bonds. The molecule has 0 saturated carbocycles. The minimum absolute atomic E-state index is 0. The van der Waals surface area contributed by atoms with E-state index in [0.29, 0.717) is 0 Å². The van der Waals surface area contributed by atoms with Gasteiger partial charge in [0.25, 0.3) is 0 Å². The topological polar surface area (TPSA) is 17.1 Å². The maximum absolute atomic E-state index is 8.25. The number of rotatable bonds is 0. The minimum atomic E-state index is 0. The molecule has 0 heterocycles. The summed E-state index contributed by atoms with van der Waals surface area (Å²) in [6.07, 6.45) is 0. The van der Waals surface area contributed by atoms with Crippen molar-refractivity contribution in [2.24, 2.45) is 0 Å². The molecule has 0 spiro atoms. The Kier molecular flexibility index (Phi) is 82.2. The van der Waals surface area contributed by atoms with Crippen LogP contribution in [0.25, 0.3) is 0 Å². The molecule has 0 aliphatic heterocycles. The predicted octanol–water partition coefficient (Wildman–Crippen LogP) is -1.69. The molecule has 0 saturated heterocycles. The summed E-state index contributed by atoms with van der Waals surface area (Å²) in [5.41, 5.74) is 0. The van der Waals surface area contributed by atoms with E-state index in [2.05, 4.69) is 0 Å². The fraction of sp³-hybridized carbons (Fsp3) is 0. The summed E-state index contributed by atoms with van der Waals surface area (Å²) >= 11 is 0.750. The molecule has 0 aromatic carbocycles. The van der Waals surface area contributed by atoms with Crippen LogP contribution >= 0.6 is 0 Å². The van der Waals surface area contributed by atoms with Gasteiger partial charge in [0.1, 0.15) is 0 Å². The standard InChI is InChI=1S/Na.O.H2Se.Ti.H/h;;1H2;;. The van der Waals surface area contributed by atoms with Gasteiger partial charge in [-0.05, 0) is 0 Å². The third-order valence-corrected chi connectivity index (χ3v) is 0. The summed E-state index contributed by atoms with van der Waals surface area (Å²) in [7, 11) is 0. The maximum atomic E-state index is 8.25. The number of hydrogen-bond acceptors (Lipinski definition) is 1. The van der Waals surface area contributed by atoms with Crippen LogP contribution in [-0.4, -0.2) is 46.6 Å². The van der Waals surface area contributed by atoms with Crippen molar-refractivity contribution in [2.75, 3.05) is 0 Å². The average Bonchev–Trinajstić information content (AvgIpc) is 1.00. The van der Waals surface area contributed by atoms with Crippen molar-refractivity contribution < 1.29 is 23.7 Å². The van der Waals surface area contributed by atoms with Crippen LogP contribution in [0.15, 0.2) is 0 Å². The van der Waals surface area contributed by atoms with Crippen molar-refractivity contribution in [2.45, 2.75) is 0 Å². The zero-order valence-corrected chi connectivity index (χ0v) is 5.07. The molecular weight excluding hydrogens is 166 g/mol. The third kappa shape index (κ3) is 8.98. The van der Waals surface area contributed by atoms with Gasteiger partial charge in [-0.2, -0.15) is 0 Å². The molecule has 0 aliphatic rings. The van der Waals surface area contributed by atoms with Crippen LogP contribution in [0.1, 0.15) is 0 Å². The van der Waals surface area contributed by atoms with E-state index in [1.165, 1.54) is 0 Å². The summed E-state index contributed by atoms with van der Waals surface area (Å²) in [5, 5.41) is 0. The van der Waals surface area contributed by atoms with Crippen LogP contribution < -0.4 is 0 Å². The number of hydrogen-bond donors (Lipinski definition) is 0. The molecule has 0 N–H and O–H groups in total. The molecule has 0 atom stereocenters. The normalized spacial score (nSPS) is 0.750. The Hall–Kier alpha value is 2.03. The van der Waals surface area contributed by atoms with Gasteiger partial charge in [-0.3, -0.25) is 0 Å². The third-order valence-electron chi connectivity index (χ3n) is 0. The van der Waals surface area contributed by atoms with Crippen LogP contribution in [0.4, 0.5) is 0 Å². The molecule has 1 nitrogen and oxygen atoms in total. The van der Waals surface area contributed by atoms with E-state index in [-0.39, 0.29) is 46.6 Å². The molecule has 4 heavy (non-hydrogen) atoms. The van der Waals surface area contributed by atoms with E-state index in [1.807, 2.05) is 0 Å².